The van der Waals surface area contributed by atoms with Gasteiger partial charge in [0.2, 0.25) is 0 Å². The van der Waals surface area contributed by atoms with Gasteiger partial charge in [-0.3, -0.25) is 0 Å². The largest absolute Gasteiger partial charge is 4.00 e. The van der Waals surface area contributed by atoms with Gasteiger partial charge < -0.3 is 24.8 Å². The summed E-state index contributed by atoms with van der Waals surface area (Å²) >= 11 is 0. The van der Waals surface area contributed by atoms with Crippen molar-refractivity contribution < 1.29 is 51.0 Å². The summed E-state index contributed by atoms with van der Waals surface area (Å²) in [6.07, 6.45) is 13.3. The summed E-state index contributed by atoms with van der Waals surface area (Å²) in [7, 11) is 0. The molecule has 2 aromatic rings. The Morgan fingerprint density at radius 2 is 0.926 bits per heavy atom. The molecule has 4 rings (SSSR count). The van der Waals surface area contributed by atoms with Crippen LogP contribution in [-0.2, 0) is 26.2 Å². The number of hydrogen-bond acceptors (Lipinski definition) is 0. The van der Waals surface area contributed by atoms with Crippen molar-refractivity contribution >= 4 is 11.1 Å². The molecule has 2 aliphatic carbocycles. The molecule has 0 bridgehead atoms. The van der Waals surface area contributed by atoms with Gasteiger partial charge in [0.15, 0.2) is 0 Å². The average molecular weight is 473 g/mol. The smallest absolute Gasteiger partial charge is 1.00 e. The zero-order valence-electron chi connectivity index (χ0n) is 15.6. The van der Waals surface area contributed by atoms with Crippen molar-refractivity contribution in [1.82, 2.24) is 0 Å². The second-order valence-corrected chi connectivity index (χ2v) is 6.19. The van der Waals surface area contributed by atoms with Crippen LogP contribution in [0.3, 0.4) is 0 Å². The summed E-state index contributed by atoms with van der Waals surface area (Å²) in [4.78, 5) is 0. The van der Waals surface area contributed by atoms with Gasteiger partial charge in [0, 0.05) is 0 Å². The van der Waals surface area contributed by atoms with Gasteiger partial charge in [0.05, 0.1) is 0 Å². The second-order valence-electron chi connectivity index (χ2n) is 6.19. The molecule has 0 aliphatic heterocycles. The molecular weight excluding hydrogens is 450 g/mol. The van der Waals surface area contributed by atoms with Gasteiger partial charge in [-0.1, -0.05) is 63.1 Å². The van der Waals surface area contributed by atoms with Crippen LogP contribution < -0.4 is 24.8 Å². The van der Waals surface area contributed by atoms with Crippen LogP contribution in [0.4, 0.5) is 0 Å². The molecule has 0 radical (unpaired) electrons. The second kappa shape index (κ2) is 13.1. The minimum absolute atomic E-state index is 0. The summed E-state index contributed by atoms with van der Waals surface area (Å²) in [6, 6.07) is 20.8. The first-order chi connectivity index (χ1) is 11.7. The van der Waals surface area contributed by atoms with Gasteiger partial charge in [0.1, 0.15) is 0 Å². The third-order valence-corrected chi connectivity index (χ3v) is 4.09. The molecule has 2 aliphatic rings. The van der Waals surface area contributed by atoms with Crippen LogP contribution in [0.15, 0.2) is 84.0 Å². The van der Waals surface area contributed by atoms with Gasteiger partial charge in [-0.2, -0.15) is 35.5 Å². The first kappa shape index (κ1) is 25.9. The number of halogens is 2. The van der Waals surface area contributed by atoms with E-state index in [2.05, 4.69) is 86.7 Å². The van der Waals surface area contributed by atoms with Crippen LogP contribution in [-0.4, -0.2) is 0 Å². The quantitative estimate of drug-likeness (QED) is 0.557. The van der Waals surface area contributed by atoms with Crippen LogP contribution >= 0.6 is 0 Å². The maximum absolute atomic E-state index is 3.35. The molecule has 0 aromatic heterocycles. The predicted octanol–water partition coefficient (Wildman–Crippen LogP) is 0.452. The van der Waals surface area contributed by atoms with E-state index in [0.29, 0.717) is 0 Å². The molecule has 0 unspecified atom stereocenters. The summed E-state index contributed by atoms with van der Waals surface area (Å²) in [5.74, 6) is 0. The van der Waals surface area contributed by atoms with E-state index >= 15 is 0 Å². The van der Waals surface area contributed by atoms with E-state index in [-0.39, 0.29) is 51.0 Å². The zero-order chi connectivity index (χ0) is 16.8. The maximum Gasteiger partial charge on any atom is 4.00 e. The zero-order valence-corrected chi connectivity index (χ0v) is 19.6. The van der Waals surface area contributed by atoms with Gasteiger partial charge >= 0.3 is 26.2 Å². The Bertz CT molecular complexity index is 744. The fourth-order valence-corrected chi connectivity index (χ4v) is 2.79. The third-order valence-electron chi connectivity index (χ3n) is 4.09. The molecule has 136 valence electrons. The van der Waals surface area contributed by atoms with Gasteiger partial charge in [-0.05, 0) is 0 Å². The van der Waals surface area contributed by atoms with Crippen LogP contribution in [0.2, 0.25) is 0 Å². The molecule has 0 saturated heterocycles. The molecule has 0 N–H and O–H groups in total. The summed E-state index contributed by atoms with van der Waals surface area (Å²) in [5, 5.41) is 0. The molecule has 0 nitrogen and oxygen atoms in total. The number of rotatable bonds is 2. The SMILES string of the molecule is CC1=[C-]C(c2ccccc2)=CC1.CC1=[C-]C(c2ccccc2)=CC1.[Cl-].[Cl-].[Zr+4]. The van der Waals surface area contributed by atoms with Crippen molar-refractivity contribution in [3.8, 4) is 0 Å². The van der Waals surface area contributed by atoms with E-state index in [4.69, 9.17) is 0 Å². The van der Waals surface area contributed by atoms with Crippen molar-refractivity contribution in [2.24, 2.45) is 0 Å². The molecule has 0 amide bonds. The van der Waals surface area contributed by atoms with Crippen LogP contribution in [0.25, 0.3) is 11.1 Å². The van der Waals surface area contributed by atoms with Crippen molar-refractivity contribution in [1.29, 1.82) is 0 Å². The number of allylic oxidation sites excluding steroid dienone is 8. The molecule has 3 heteroatoms. The van der Waals surface area contributed by atoms with Gasteiger partial charge in [0.25, 0.3) is 0 Å². The van der Waals surface area contributed by atoms with Crippen molar-refractivity contribution in [2.75, 3.05) is 0 Å². The average Bonchev–Trinajstić information content (AvgIpc) is 3.26. The van der Waals surface area contributed by atoms with Gasteiger partial charge in [-0.15, -0.1) is 46.5 Å². The molecule has 0 heterocycles. The maximum atomic E-state index is 3.35. The molecule has 0 atom stereocenters. The van der Waals surface area contributed by atoms with Crippen LogP contribution in [0.5, 0.6) is 0 Å². The standard InChI is InChI=1S/2C12H11.2ClH.Zr/c2*1-10-7-8-12(9-10)11-5-3-2-4-6-11;;;/h2*2-6,8H,7H2,1H3;2*1H;/q2*-1;;;+4/p-2. The molecule has 2 aromatic carbocycles. The van der Waals surface area contributed by atoms with E-state index in [9.17, 15) is 0 Å². The van der Waals surface area contributed by atoms with Crippen LogP contribution in [0.1, 0.15) is 37.8 Å². The van der Waals surface area contributed by atoms with E-state index in [1.54, 1.807) is 0 Å². The Balaban J connectivity index is 0.000000451. The fraction of sp³-hybridized carbons (Fsp3) is 0.167. The van der Waals surface area contributed by atoms with Crippen molar-refractivity contribution in [3.63, 3.8) is 0 Å². The Labute approximate surface area is 195 Å². The fourth-order valence-electron chi connectivity index (χ4n) is 2.79. The third kappa shape index (κ3) is 7.78. The Hall–Kier alpha value is -1.14. The Morgan fingerprint density at radius 1 is 0.593 bits per heavy atom. The molecular formula is C24H22Cl2Zr. The van der Waals surface area contributed by atoms with E-state index in [1.165, 1.54) is 33.4 Å². The first-order valence-corrected chi connectivity index (χ1v) is 8.42. The van der Waals surface area contributed by atoms with Crippen molar-refractivity contribution in [2.45, 2.75) is 26.7 Å². The summed E-state index contributed by atoms with van der Waals surface area (Å²) in [5.41, 5.74) is 7.69. The minimum Gasteiger partial charge on any atom is -1.00 e. The van der Waals surface area contributed by atoms with Crippen LogP contribution in [0, 0.1) is 12.2 Å². The number of hydrogen-bond donors (Lipinski definition) is 0. The van der Waals surface area contributed by atoms with E-state index < -0.39 is 0 Å². The number of benzene rings is 2. The summed E-state index contributed by atoms with van der Waals surface area (Å²) in [6.45, 7) is 4.24. The molecule has 0 saturated carbocycles. The molecule has 27 heavy (non-hydrogen) atoms. The first-order valence-electron chi connectivity index (χ1n) is 8.42. The van der Waals surface area contributed by atoms with Crippen molar-refractivity contribution in [3.05, 3.63) is 107 Å². The normalized spacial score (nSPS) is 14.0. The van der Waals surface area contributed by atoms with E-state index in [1.807, 2.05) is 12.1 Å². The molecule has 0 fully saturated rings. The minimum atomic E-state index is 0. The topological polar surface area (TPSA) is 0 Å². The summed E-state index contributed by atoms with van der Waals surface area (Å²) < 4.78 is 0. The Morgan fingerprint density at radius 3 is 1.19 bits per heavy atom. The predicted molar refractivity (Wildman–Crippen MR) is 103 cm³/mol. The monoisotopic (exact) mass is 470 g/mol. The van der Waals surface area contributed by atoms with E-state index in [0.717, 1.165) is 12.8 Å². The Kier molecular flexibility index (Phi) is 12.6. The molecule has 0 spiro atoms. The van der Waals surface area contributed by atoms with Gasteiger partial charge in [-0.25, -0.2) is 0 Å².